The lowest BCUT2D eigenvalue weighted by Gasteiger charge is -2.01. The second-order valence-electron chi connectivity index (χ2n) is 4.27. The van der Waals surface area contributed by atoms with Crippen LogP contribution in [-0.2, 0) is 4.74 Å². The van der Waals surface area contributed by atoms with Gasteiger partial charge in [0.2, 0.25) is 0 Å². The molecule has 0 fully saturated rings. The van der Waals surface area contributed by atoms with Gasteiger partial charge in [0, 0.05) is 11.9 Å². The third-order valence-corrected chi connectivity index (χ3v) is 2.94. The van der Waals surface area contributed by atoms with E-state index in [0.717, 1.165) is 5.56 Å². The minimum Gasteiger partial charge on any atom is -0.465 e. The van der Waals surface area contributed by atoms with Gasteiger partial charge in [-0.15, -0.1) is 0 Å². The van der Waals surface area contributed by atoms with E-state index < -0.39 is 11.9 Å². The summed E-state index contributed by atoms with van der Waals surface area (Å²) in [5.41, 5.74) is 7.60. The summed E-state index contributed by atoms with van der Waals surface area (Å²) in [6.45, 7) is 1.75. The molecule has 3 N–H and O–H groups in total. The second kappa shape index (κ2) is 6.04. The Morgan fingerprint density at radius 3 is 2.48 bits per heavy atom. The Balaban J connectivity index is 2.40. The molecule has 0 radical (unpaired) electrons. The Morgan fingerprint density at radius 1 is 1.29 bits per heavy atom. The van der Waals surface area contributed by atoms with E-state index in [1.165, 1.54) is 7.11 Å². The van der Waals surface area contributed by atoms with E-state index in [1.54, 1.807) is 43.5 Å². The molecule has 2 aromatic rings. The first kappa shape index (κ1) is 14.5. The van der Waals surface area contributed by atoms with Crippen molar-refractivity contribution in [3.8, 4) is 11.3 Å². The third kappa shape index (κ3) is 3.00. The van der Waals surface area contributed by atoms with Crippen LogP contribution >= 0.6 is 0 Å². The third-order valence-electron chi connectivity index (χ3n) is 2.94. The largest absolute Gasteiger partial charge is 0.465 e. The number of rotatable bonds is 4. The summed E-state index contributed by atoms with van der Waals surface area (Å²) in [4.78, 5) is 29.9. The number of esters is 1. The van der Waals surface area contributed by atoms with Gasteiger partial charge in [0.25, 0.3) is 5.91 Å². The summed E-state index contributed by atoms with van der Waals surface area (Å²) in [6, 6.07) is 8.44. The molecule has 0 saturated heterocycles. The molecule has 0 atom stereocenters. The Bertz CT molecular complexity index is 699. The number of nitrogens with zero attached hydrogens (tertiary/aromatic N) is 1. The van der Waals surface area contributed by atoms with Crippen LogP contribution in [0.4, 0.5) is 5.82 Å². The average Bonchev–Trinajstić information content (AvgIpc) is 2.91. The molecule has 6 nitrogen and oxygen atoms in total. The van der Waals surface area contributed by atoms with Crippen molar-refractivity contribution in [1.82, 2.24) is 4.98 Å². The van der Waals surface area contributed by atoms with E-state index in [2.05, 4.69) is 14.7 Å². The zero-order valence-corrected chi connectivity index (χ0v) is 11.7. The highest BCUT2D eigenvalue weighted by molar-refractivity contribution is 5.99. The number of benzene rings is 1. The summed E-state index contributed by atoms with van der Waals surface area (Å²) in [5.74, 6) is -0.538. The monoisotopic (exact) mass is 285 g/mol. The van der Waals surface area contributed by atoms with Crippen LogP contribution in [0.5, 0.6) is 0 Å². The molecule has 0 spiro atoms. The summed E-state index contributed by atoms with van der Waals surface area (Å²) in [6.07, 6.45) is 1.57. The number of nitrogens with two attached hydrogens (primary N) is 1. The van der Waals surface area contributed by atoms with Crippen LogP contribution in [0, 0.1) is 0 Å². The van der Waals surface area contributed by atoms with Gasteiger partial charge in [-0.25, -0.2) is 9.79 Å². The summed E-state index contributed by atoms with van der Waals surface area (Å²) < 4.78 is 4.64. The molecule has 0 saturated carbocycles. The van der Waals surface area contributed by atoms with Crippen LogP contribution in [0.2, 0.25) is 0 Å². The van der Waals surface area contributed by atoms with Gasteiger partial charge in [0.1, 0.15) is 5.82 Å². The predicted octanol–water partition coefficient (Wildman–Crippen LogP) is 2.29. The van der Waals surface area contributed by atoms with Gasteiger partial charge in [0.15, 0.2) is 0 Å². The minimum atomic E-state index is -0.552. The Labute approximate surface area is 121 Å². The molecule has 0 aliphatic rings. The Kier molecular flexibility index (Phi) is 4.18. The fourth-order valence-electron chi connectivity index (χ4n) is 1.92. The number of H-pyrrole nitrogens is 1. The number of hydrogen-bond donors (Lipinski definition) is 2. The van der Waals surface area contributed by atoms with E-state index in [1.807, 2.05) is 0 Å². The lowest BCUT2D eigenvalue weighted by atomic mass is 10.1. The fraction of sp³-hybridized carbons (Fsp3) is 0.133. The molecule has 0 unspecified atom stereocenters. The van der Waals surface area contributed by atoms with Crippen molar-refractivity contribution in [3.05, 3.63) is 41.5 Å². The second-order valence-corrected chi connectivity index (χ2v) is 4.27. The predicted molar refractivity (Wildman–Crippen MR) is 79.9 cm³/mol. The van der Waals surface area contributed by atoms with Crippen molar-refractivity contribution in [2.24, 2.45) is 10.7 Å². The van der Waals surface area contributed by atoms with E-state index in [0.29, 0.717) is 22.6 Å². The summed E-state index contributed by atoms with van der Waals surface area (Å²) in [7, 11) is 1.33. The minimum absolute atomic E-state index is 0.320. The van der Waals surface area contributed by atoms with Crippen molar-refractivity contribution >= 4 is 23.9 Å². The van der Waals surface area contributed by atoms with Gasteiger partial charge in [-0.3, -0.25) is 4.79 Å². The molecule has 0 aliphatic heterocycles. The van der Waals surface area contributed by atoms with Crippen molar-refractivity contribution in [2.45, 2.75) is 6.92 Å². The number of aromatic nitrogens is 1. The normalized spacial score (nSPS) is 10.8. The van der Waals surface area contributed by atoms with Crippen molar-refractivity contribution in [1.29, 1.82) is 0 Å². The highest BCUT2D eigenvalue weighted by Gasteiger charge is 2.13. The molecule has 0 bridgehead atoms. The lowest BCUT2D eigenvalue weighted by Crippen LogP contribution is -2.09. The molecule has 6 heteroatoms. The van der Waals surface area contributed by atoms with Crippen LogP contribution < -0.4 is 5.73 Å². The number of carbonyl (C=O) groups is 2. The van der Waals surface area contributed by atoms with Gasteiger partial charge < -0.3 is 15.5 Å². The Morgan fingerprint density at radius 2 is 1.95 bits per heavy atom. The Hall–Kier alpha value is -2.89. The molecule has 21 heavy (non-hydrogen) atoms. The number of ether oxygens (including phenoxy) is 1. The van der Waals surface area contributed by atoms with E-state index in [9.17, 15) is 9.59 Å². The maximum Gasteiger partial charge on any atom is 0.337 e. The molecule has 1 aromatic heterocycles. The van der Waals surface area contributed by atoms with Crippen molar-refractivity contribution in [3.63, 3.8) is 0 Å². The van der Waals surface area contributed by atoms with Crippen LogP contribution in [0.25, 0.3) is 11.3 Å². The molecule has 2 rings (SSSR count). The quantitative estimate of drug-likeness (QED) is 0.666. The fourth-order valence-corrected chi connectivity index (χ4v) is 1.92. The average molecular weight is 285 g/mol. The van der Waals surface area contributed by atoms with Gasteiger partial charge in [-0.1, -0.05) is 12.1 Å². The number of methoxy groups -OCH3 is 1. The van der Waals surface area contributed by atoms with Crippen LogP contribution in [0.1, 0.15) is 27.6 Å². The van der Waals surface area contributed by atoms with Gasteiger partial charge in [-0.05, 0) is 30.7 Å². The zero-order valence-electron chi connectivity index (χ0n) is 11.7. The SMILES string of the molecule is C/C=N\c1[nH]c(-c2ccc(C(=O)OC)cc2)cc1C(N)=O. The maximum absolute atomic E-state index is 11.4. The smallest absolute Gasteiger partial charge is 0.337 e. The number of amides is 1. The van der Waals surface area contributed by atoms with E-state index >= 15 is 0 Å². The van der Waals surface area contributed by atoms with Gasteiger partial charge in [0.05, 0.1) is 18.2 Å². The van der Waals surface area contributed by atoms with E-state index in [4.69, 9.17) is 5.73 Å². The maximum atomic E-state index is 11.4. The first-order chi connectivity index (χ1) is 10.1. The number of nitrogens with one attached hydrogen (secondary N) is 1. The molecular weight excluding hydrogens is 270 g/mol. The molecule has 1 amide bonds. The number of aliphatic imine (C=N–C) groups is 1. The first-order valence-corrected chi connectivity index (χ1v) is 6.27. The number of hydrogen-bond acceptors (Lipinski definition) is 4. The highest BCUT2D eigenvalue weighted by Crippen LogP contribution is 2.27. The standard InChI is InChI=1S/C15H15N3O3/c1-3-17-14-11(13(16)19)8-12(18-14)9-4-6-10(7-5-9)15(20)21-2/h3-8,18H,1-2H3,(H2,16,19)/b17-3-. The molecule has 1 heterocycles. The zero-order chi connectivity index (χ0) is 15.4. The van der Waals surface area contributed by atoms with Crippen molar-refractivity contribution < 1.29 is 14.3 Å². The highest BCUT2D eigenvalue weighted by atomic mass is 16.5. The number of carbonyl (C=O) groups excluding carboxylic acids is 2. The lowest BCUT2D eigenvalue weighted by molar-refractivity contribution is 0.0600. The molecule has 108 valence electrons. The van der Waals surface area contributed by atoms with Gasteiger partial charge >= 0.3 is 5.97 Å². The van der Waals surface area contributed by atoms with Crippen molar-refractivity contribution in [2.75, 3.05) is 7.11 Å². The van der Waals surface area contributed by atoms with Crippen LogP contribution in [0.3, 0.4) is 0 Å². The first-order valence-electron chi connectivity index (χ1n) is 6.27. The number of aromatic amines is 1. The molecular formula is C15H15N3O3. The van der Waals surface area contributed by atoms with Crippen LogP contribution in [-0.4, -0.2) is 30.2 Å². The van der Waals surface area contributed by atoms with Gasteiger partial charge in [-0.2, -0.15) is 0 Å². The molecule has 1 aromatic carbocycles. The van der Waals surface area contributed by atoms with Crippen LogP contribution in [0.15, 0.2) is 35.3 Å². The molecule has 0 aliphatic carbocycles. The summed E-state index contributed by atoms with van der Waals surface area (Å²) >= 11 is 0. The number of primary amides is 1. The van der Waals surface area contributed by atoms with E-state index in [-0.39, 0.29) is 0 Å². The topological polar surface area (TPSA) is 97.5 Å². The summed E-state index contributed by atoms with van der Waals surface area (Å²) in [5, 5.41) is 0.